The fourth-order valence-electron chi connectivity index (χ4n) is 1.89. The largest absolute Gasteiger partial charge is 0.489 e. The Hall–Kier alpha value is -1.32. The highest BCUT2D eigenvalue weighted by molar-refractivity contribution is 9.10. The number of halogens is 1. The van der Waals surface area contributed by atoms with Crippen LogP contribution < -0.4 is 10.5 Å². The van der Waals surface area contributed by atoms with Crippen LogP contribution in [0.15, 0.2) is 53.0 Å². The number of benzene rings is 2. The van der Waals surface area contributed by atoms with Crippen LogP contribution >= 0.6 is 15.9 Å². The van der Waals surface area contributed by atoms with Gasteiger partial charge in [0.15, 0.2) is 0 Å². The number of nitrogens with two attached hydrogens (primary N) is 1. The molecule has 0 saturated heterocycles. The topological polar surface area (TPSA) is 35.2 Å². The fraction of sp³-hybridized carbons (Fsp3) is 0.294. The Kier molecular flexibility index (Phi) is 5.62. The van der Waals surface area contributed by atoms with Crippen LogP contribution in [0.1, 0.15) is 24.5 Å². The summed E-state index contributed by atoms with van der Waals surface area (Å²) in [5.41, 5.74) is 8.23. The molecule has 0 spiro atoms. The quantitative estimate of drug-likeness (QED) is 0.854. The highest BCUT2D eigenvalue weighted by Crippen LogP contribution is 2.16. The number of hydrogen-bond acceptors (Lipinski definition) is 2. The first-order valence-corrected chi connectivity index (χ1v) is 7.64. The molecule has 0 radical (unpaired) electrons. The van der Waals surface area contributed by atoms with Gasteiger partial charge in [-0.1, -0.05) is 40.2 Å². The molecule has 0 saturated carbocycles. The summed E-state index contributed by atoms with van der Waals surface area (Å²) in [4.78, 5) is 0. The third kappa shape index (κ3) is 4.99. The molecular formula is C17H20BrNO. The van der Waals surface area contributed by atoms with Gasteiger partial charge in [0.1, 0.15) is 12.4 Å². The van der Waals surface area contributed by atoms with Gasteiger partial charge in [-0.25, -0.2) is 0 Å². The van der Waals surface area contributed by atoms with Crippen LogP contribution in [-0.2, 0) is 13.0 Å². The Morgan fingerprint density at radius 1 is 1.00 bits per heavy atom. The zero-order chi connectivity index (χ0) is 14.4. The van der Waals surface area contributed by atoms with Crippen molar-refractivity contribution >= 4 is 15.9 Å². The van der Waals surface area contributed by atoms with E-state index < -0.39 is 0 Å². The lowest BCUT2D eigenvalue weighted by Gasteiger charge is -2.08. The maximum absolute atomic E-state index is 5.77. The lowest BCUT2D eigenvalue weighted by atomic mass is 10.1. The molecule has 1 atom stereocenters. The van der Waals surface area contributed by atoms with E-state index in [-0.39, 0.29) is 6.04 Å². The summed E-state index contributed by atoms with van der Waals surface area (Å²) < 4.78 is 6.86. The van der Waals surface area contributed by atoms with Gasteiger partial charge in [-0.15, -0.1) is 0 Å². The van der Waals surface area contributed by atoms with Crippen molar-refractivity contribution in [3.05, 3.63) is 64.1 Å². The Bertz CT molecular complexity index is 520. The van der Waals surface area contributed by atoms with Crippen LogP contribution in [0.4, 0.5) is 0 Å². The fourth-order valence-corrected chi connectivity index (χ4v) is 2.16. The van der Waals surface area contributed by atoms with Gasteiger partial charge in [-0.2, -0.15) is 0 Å². The molecule has 2 aromatic rings. The molecule has 2 aromatic carbocycles. The van der Waals surface area contributed by atoms with Gasteiger partial charge < -0.3 is 10.5 Å². The molecule has 1 unspecified atom stereocenters. The van der Waals surface area contributed by atoms with E-state index in [0.29, 0.717) is 6.61 Å². The second kappa shape index (κ2) is 7.46. The SMILES string of the molecule is CC(N)CCc1ccc(OCc2ccc(Br)cc2)cc1. The molecule has 0 heterocycles. The van der Waals surface area contributed by atoms with Gasteiger partial charge in [0, 0.05) is 10.5 Å². The van der Waals surface area contributed by atoms with E-state index in [2.05, 4.69) is 40.2 Å². The number of hydrogen-bond donors (Lipinski definition) is 1. The molecule has 0 amide bonds. The van der Waals surface area contributed by atoms with Crippen LogP contribution in [0.3, 0.4) is 0 Å². The first kappa shape index (κ1) is 15.1. The van der Waals surface area contributed by atoms with E-state index in [1.54, 1.807) is 0 Å². The summed E-state index contributed by atoms with van der Waals surface area (Å²) in [6, 6.07) is 16.7. The molecule has 0 aliphatic carbocycles. The predicted molar refractivity (Wildman–Crippen MR) is 86.9 cm³/mol. The monoisotopic (exact) mass is 333 g/mol. The number of rotatable bonds is 6. The van der Waals surface area contributed by atoms with Crippen molar-refractivity contribution in [2.24, 2.45) is 5.73 Å². The summed E-state index contributed by atoms with van der Waals surface area (Å²) >= 11 is 3.42. The Balaban J connectivity index is 1.85. The van der Waals surface area contributed by atoms with E-state index in [4.69, 9.17) is 10.5 Å². The standard InChI is InChI=1S/C17H20BrNO/c1-13(19)2-3-14-6-10-17(11-7-14)20-12-15-4-8-16(18)9-5-15/h4-11,13H,2-3,12,19H2,1H3. The summed E-state index contributed by atoms with van der Waals surface area (Å²) in [6.07, 6.45) is 2.03. The van der Waals surface area contributed by atoms with Gasteiger partial charge in [0.2, 0.25) is 0 Å². The van der Waals surface area contributed by atoms with Gasteiger partial charge in [0.25, 0.3) is 0 Å². The smallest absolute Gasteiger partial charge is 0.119 e. The molecule has 0 aliphatic rings. The van der Waals surface area contributed by atoms with Crippen molar-refractivity contribution in [1.82, 2.24) is 0 Å². The lowest BCUT2D eigenvalue weighted by Crippen LogP contribution is -2.15. The maximum atomic E-state index is 5.77. The Morgan fingerprint density at radius 3 is 2.20 bits per heavy atom. The summed E-state index contributed by atoms with van der Waals surface area (Å²) in [6.45, 7) is 2.63. The minimum absolute atomic E-state index is 0.253. The minimum atomic E-state index is 0.253. The van der Waals surface area contributed by atoms with Crippen LogP contribution in [0, 0.1) is 0 Å². The third-order valence-electron chi connectivity index (χ3n) is 3.13. The lowest BCUT2D eigenvalue weighted by molar-refractivity contribution is 0.306. The number of aryl methyl sites for hydroxylation is 1. The van der Waals surface area contributed by atoms with E-state index in [9.17, 15) is 0 Å². The molecule has 2 nitrogen and oxygen atoms in total. The molecule has 0 fully saturated rings. The van der Waals surface area contributed by atoms with Gasteiger partial charge in [-0.05, 0) is 55.2 Å². The summed E-state index contributed by atoms with van der Waals surface area (Å²) in [7, 11) is 0. The minimum Gasteiger partial charge on any atom is -0.489 e. The Labute approximate surface area is 129 Å². The first-order chi connectivity index (χ1) is 9.63. The van der Waals surface area contributed by atoms with Gasteiger partial charge in [-0.3, -0.25) is 0 Å². The van der Waals surface area contributed by atoms with Crippen LogP contribution in [-0.4, -0.2) is 6.04 Å². The molecule has 0 aromatic heterocycles. The summed E-state index contributed by atoms with van der Waals surface area (Å²) in [5.74, 6) is 0.900. The first-order valence-electron chi connectivity index (χ1n) is 6.85. The van der Waals surface area contributed by atoms with Crippen molar-refractivity contribution in [3.8, 4) is 5.75 Å². The average molecular weight is 334 g/mol. The highest BCUT2D eigenvalue weighted by atomic mass is 79.9. The van der Waals surface area contributed by atoms with Gasteiger partial charge >= 0.3 is 0 Å². The normalized spacial score (nSPS) is 12.2. The van der Waals surface area contributed by atoms with E-state index in [0.717, 1.165) is 28.6 Å². The van der Waals surface area contributed by atoms with E-state index in [1.165, 1.54) is 5.56 Å². The molecule has 2 N–H and O–H groups in total. The van der Waals surface area contributed by atoms with Crippen molar-refractivity contribution in [3.63, 3.8) is 0 Å². The van der Waals surface area contributed by atoms with Crippen LogP contribution in [0.5, 0.6) is 5.75 Å². The second-order valence-corrected chi connectivity index (χ2v) is 5.99. The maximum Gasteiger partial charge on any atom is 0.119 e. The zero-order valence-corrected chi connectivity index (χ0v) is 13.3. The molecule has 20 heavy (non-hydrogen) atoms. The third-order valence-corrected chi connectivity index (χ3v) is 3.66. The van der Waals surface area contributed by atoms with Crippen molar-refractivity contribution in [1.29, 1.82) is 0 Å². The highest BCUT2D eigenvalue weighted by Gasteiger charge is 1.99. The molecule has 0 aliphatic heterocycles. The molecule has 3 heteroatoms. The Morgan fingerprint density at radius 2 is 1.60 bits per heavy atom. The number of ether oxygens (including phenoxy) is 1. The zero-order valence-electron chi connectivity index (χ0n) is 11.7. The molecule has 106 valence electrons. The molecular weight excluding hydrogens is 314 g/mol. The second-order valence-electron chi connectivity index (χ2n) is 5.08. The summed E-state index contributed by atoms with van der Waals surface area (Å²) in [5, 5.41) is 0. The van der Waals surface area contributed by atoms with Crippen LogP contribution in [0.2, 0.25) is 0 Å². The molecule has 0 bridgehead atoms. The average Bonchev–Trinajstić information content (AvgIpc) is 2.45. The van der Waals surface area contributed by atoms with E-state index >= 15 is 0 Å². The van der Waals surface area contributed by atoms with Crippen molar-refractivity contribution in [2.75, 3.05) is 0 Å². The van der Waals surface area contributed by atoms with E-state index in [1.807, 2.05) is 31.2 Å². The van der Waals surface area contributed by atoms with Crippen LogP contribution in [0.25, 0.3) is 0 Å². The van der Waals surface area contributed by atoms with Crippen molar-refractivity contribution < 1.29 is 4.74 Å². The van der Waals surface area contributed by atoms with Gasteiger partial charge in [0.05, 0.1) is 0 Å². The molecule has 2 rings (SSSR count). The van der Waals surface area contributed by atoms with Crippen molar-refractivity contribution in [2.45, 2.75) is 32.4 Å². The predicted octanol–water partition coefficient (Wildman–Crippen LogP) is 4.31.